The van der Waals surface area contributed by atoms with Gasteiger partial charge in [0.05, 0.1) is 35.5 Å². The molecule has 0 aromatic heterocycles. The minimum atomic E-state index is -0.462. The molecule has 1 spiro atoms. The van der Waals surface area contributed by atoms with Crippen LogP contribution in [0.2, 0.25) is 10.0 Å². The van der Waals surface area contributed by atoms with E-state index in [1.165, 1.54) is 0 Å². The maximum atomic E-state index is 12.3. The third-order valence-electron chi connectivity index (χ3n) is 4.07. The number of nitrogens with one attached hydrogen (secondary N) is 1. The summed E-state index contributed by atoms with van der Waals surface area (Å²) in [6, 6.07) is 5.24. The van der Waals surface area contributed by atoms with Crippen molar-refractivity contribution >= 4 is 34.8 Å². The van der Waals surface area contributed by atoms with Gasteiger partial charge in [-0.3, -0.25) is 4.79 Å². The van der Waals surface area contributed by atoms with E-state index in [0.29, 0.717) is 54.9 Å². The van der Waals surface area contributed by atoms with Gasteiger partial charge in [-0.1, -0.05) is 29.3 Å². The Bertz CT molecular complexity index is 531. The number of anilines is 1. The Balaban J connectivity index is 1.53. The van der Waals surface area contributed by atoms with Gasteiger partial charge in [0.15, 0.2) is 5.79 Å². The number of piperidine rings is 1. The third kappa shape index (κ3) is 3.33. The van der Waals surface area contributed by atoms with Crippen LogP contribution in [0.5, 0.6) is 0 Å². The third-order valence-corrected chi connectivity index (χ3v) is 4.70. The first-order valence-electron chi connectivity index (χ1n) is 7.33. The highest BCUT2D eigenvalue weighted by Crippen LogP contribution is 2.32. The van der Waals surface area contributed by atoms with Crippen molar-refractivity contribution in [1.29, 1.82) is 0 Å². The molecule has 2 aliphatic heterocycles. The molecular formula is C15H18Cl2N2O3. The quantitative estimate of drug-likeness (QED) is 0.915. The predicted molar refractivity (Wildman–Crippen MR) is 85.4 cm³/mol. The van der Waals surface area contributed by atoms with Gasteiger partial charge < -0.3 is 19.7 Å². The minimum Gasteiger partial charge on any atom is -0.374 e. The van der Waals surface area contributed by atoms with Gasteiger partial charge in [0.2, 0.25) is 5.91 Å². The standard InChI is InChI=1S/C15H18Cl2N2O3/c16-11-2-1-3-12(17)14(11)18-10-13(20)19-6-4-15(5-7-19)21-8-9-22-15/h1-3,18H,4-10H2. The van der Waals surface area contributed by atoms with Crippen LogP contribution in [0.1, 0.15) is 12.8 Å². The average molecular weight is 345 g/mol. The summed E-state index contributed by atoms with van der Waals surface area (Å²) < 4.78 is 11.3. The van der Waals surface area contributed by atoms with E-state index in [-0.39, 0.29) is 12.5 Å². The maximum Gasteiger partial charge on any atom is 0.241 e. The number of amides is 1. The second-order valence-electron chi connectivity index (χ2n) is 5.44. The van der Waals surface area contributed by atoms with Gasteiger partial charge in [-0.15, -0.1) is 0 Å². The number of carbonyl (C=O) groups is 1. The number of rotatable bonds is 3. The van der Waals surface area contributed by atoms with Crippen LogP contribution in [0.4, 0.5) is 5.69 Å². The van der Waals surface area contributed by atoms with Crippen LogP contribution in [0.25, 0.3) is 0 Å². The number of hydrogen-bond donors (Lipinski definition) is 1. The summed E-state index contributed by atoms with van der Waals surface area (Å²) in [7, 11) is 0. The molecule has 1 N–H and O–H groups in total. The van der Waals surface area contributed by atoms with Crippen LogP contribution in [0.15, 0.2) is 18.2 Å². The van der Waals surface area contributed by atoms with Gasteiger partial charge in [-0.2, -0.15) is 0 Å². The van der Waals surface area contributed by atoms with Gasteiger partial charge in [-0.05, 0) is 12.1 Å². The number of benzene rings is 1. The van der Waals surface area contributed by atoms with Crippen molar-refractivity contribution in [2.24, 2.45) is 0 Å². The van der Waals surface area contributed by atoms with Gasteiger partial charge in [0.1, 0.15) is 0 Å². The van der Waals surface area contributed by atoms with E-state index in [4.69, 9.17) is 32.7 Å². The zero-order valence-corrected chi connectivity index (χ0v) is 13.6. The fourth-order valence-electron chi connectivity index (χ4n) is 2.82. The Kier molecular flexibility index (Phi) is 4.78. The zero-order chi connectivity index (χ0) is 15.6. The Morgan fingerprint density at radius 2 is 1.77 bits per heavy atom. The molecule has 2 heterocycles. The van der Waals surface area contributed by atoms with Crippen molar-refractivity contribution < 1.29 is 14.3 Å². The molecule has 0 unspecified atom stereocenters. The summed E-state index contributed by atoms with van der Waals surface area (Å²) in [5.74, 6) is -0.445. The molecule has 2 aliphatic rings. The van der Waals surface area contributed by atoms with Crippen molar-refractivity contribution in [1.82, 2.24) is 4.90 Å². The molecule has 0 aliphatic carbocycles. The van der Waals surface area contributed by atoms with E-state index < -0.39 is 5.79 Å². The molecule has 1 amide bonds. The lowest BCUT2D eigenvalue weighted by molar-refractivity contribution is -0.187. The number of likely N-dealkylation sites (tertiary alicyclic amines) is 1. The first kappa shape index (κ1) is 15.9. The molecule has 0 radical (unpaired) electrons. The van der Waals surface area contributed by atoms with Crippen molar-refractivity contribution in [3.05, 3.63) is 28.2 Å². The molecule has 7 heteroatoms. The molecule has 0 bridgehead atoms. The smallest absolute Gasteiger partial charge is 0.241 e. The minimum absolute atomic E-state index is 0.0174. The normalized spacial score (nSPS) is 20.4. The van der Waals surface area contributed by atoms with Gasteiger partial charge in [0.25, 0.3) is 0 Å². The number of ether oxygens (including phenoxy) is 2. The average Bonchev–Trinajstić information content (AvgIpc) is 2.95. The summed E-state index contributed by atoms with van der Waals surface area (Å²) in [4.78, 5) is 14.1. The molecule has 1 aromatic carbocycles. The Hall–Kier alpha value is -1.01. The fourth-order valence-corrected chi connectivity index (χ4v) is 3.36. The molecule has 3 rings (SSSR count). The number of carbonyl (C=O) groups excluding carboxylic acids is 1. The molecule has 2 fully saturated rings. The monoisotopic (exact) mass is 344 g/mol. The van der Waals surface area contributed by atoms with Crippen LogP contribution in [-0.4, -0.2) is 49.4 Å². The predicted octanol–water partition coefficient (Wildman–Crippen LogP) is 2.77. The van der Waals surface area contributed by atoms with E-state index in [2.05, 4.69) is 5.32 Å². The lowest BCUT2D eigenvalue weighted by Crippen LogP contribution is -2.48. The molecule has 1 aromatic rings. The lowest BCUT2D eigenvalue weighted by atomic mass is 10.0. The van der Waals surface area contributed by atoms with Crippen molar-refractivity contribution in [3.8, 4) is 0 Å². The molecular weight excluding hydrogens is 327 g/mol. The highest BCUT2D eigenvalue weighted by molar-refractivity contribution is 6.39. The Morgan fingerprint density at radius 3 is 2.36 bits per heavy atom. The SMILES string of the molecule is O=C(CNc1c(Cl)cccc1Cl)N1CCC2(CC1)OCCO2. The van der Waals surface area contributed by atoms with Gasteiger partial charge >= 0.3 is 0 Å². The largest absolute Gasteiger partial charge is 0.374 e. The highest BCUT2D eigenvalue weighted by Gasteiger charge is 2.40. The van der Waals surface area contributed by atoms with Crippen LogP contribution in [0, 0.1) is 0 Å². The molecule has 22 heavy (non-hydrogen) atoms. The lowest BCUT2D eigenvalue weighted by Gasteiger charge is -2.37. The van der Waals surface area contributed by atoms with E-state index in [1.807, 2.05) is 4.90 Å². The maximum absolute atomic E-state index is 12.3. The topological polar surface area (TPSA) is 50.8 Å². The van der Waals surface area contributed by atoms with Crippen LogP contribution < -0.4 is 5.32 Å². The van der Waals surface area contributed by atoms with Gasteiger partial charge in [-0.25, -0.2) is 0 Å². The first-order chi connectivity index (χ1) is 10.6. The van der Waals surface area contributed by atoms with Crippen molar-refractivity contribution in [2.45, 2.75) is 18.6 Å². The summed E-state index contributed by atoms with van der Waals surface area (Å²) in [5.41, 5.74) is 0.593. The summed E-state index contributed by atoms with van der Waals surface area (Å²) in [5, 5.41) is 4.03. The van der Waals surface area contributed by atoms with Crippen LogP contribution >= 0.6 is 23.2 Å². The second-order valence-corrected chi connectivity index (χ2v) is 6.25. The Labute approximate surface area is 139 Å². The number of halogens is 2. The summed E-state index contributed by atoms with van der Waals surface area (Å²) >= 11 is 12.2. The first-order valence-corrected chi connectivity index (χ1v) is 8.09. The Morgan fingerprint density at radius 1 is 1.18 bits per heavy atom. The van der Waals surface area contributed by atoms with Crippen molar-refractivity contribution in [3.63, 3.8) is 0 Å². The van der Waals surface area contributed by atoms with Crippen LogP contribution in [-0.2, 0) is 14.3 Å². The second kappa shape index (κ2) is 6.62. The van der Waals surface area contributed by atoms with E-state index in [9.17, 15) is 4.79 Å². The number of para-hydroxylation sites is 1. The molecule has 5 nitrogen and oxygen atoms in total. The molecule has 2 saturated heterocycles. The molecule has 0 saturated carbocycles. The van der Waals surface area contributed by atoms with E-state index in [1.54, 1.807) is 18.2 Å². The van der Waals surface area contributed by atoms with Crippen molar-refractivity contribution in [2.75, 3.05) is 38.2 Å². The van der Waals surface area contributed by atoms with E-state index >= 15 is 0 Å². The summed E-state index contributed by atoms with van der Waals surface area (Å²) in [6.45, 7) is 2.71. The van der Waals surface area contributed by atoms with Crippen LogP contribution in [0.3, 0.4) is 0 Å². The number of nitrogens with zero attached hydrogens (tertiary/aromatic N) is 1. The van der Waals surface area contributed by atoms with E-state index in [0.717, 1.165) is 0 Å². The fraction of sp³-hybridized carbons (Fsp3) is 0.533. The van der Waals surface area contributed by atoms with Gasteiger partial charge in [0, 0.05) is 25.9 Å². The number of hydrogen-bond acceptors (Lipinski definition) is 4. The zero-order valence-electron chi connectivity index (χ0n) is 12.1. The highest BCUT2D eigenvalue weighted by atomic mass is 35.5. The summed E-state index contributed by atoms with van der Waals surface area (Å²) in [6.07, 6.45) is 1.43. The molecule has 0 atom stereocenters. The molecule has 120 valence electrons.